The van der Waals surface area contributed by atoms with Crippen LogP contribution in [0.5, 0.6) is 0 Å². The normalized spacial score (nSPS) is 12.2. The van der Waals surface area contributed by atoms with E-state index >= 15 is 0 Å². The molecule has 0 saturated carbocycles. The van der Waals surface area contributed by atoms with Crippen molar-refractivity contribution in [1.82, 2.24) is 4.98 Å². The predicted octanol–water partition coefficient (Wildman–Crippen LogP) is 2.40. The van der Waals surface area contributed by atoms with Gasteiger partial charge in [-0.25, -0.2) is 4.98 Å². The highest BCUT2D eigenvalue weighted by atomic mass is 16.1. The van der Waals surface area contributed by atoms with E-state index in [-0.39, 0.29) is 11.3 Å². The fourth-order valence-corrected chi connectivity index (χ4v) is 1.49. The van der Waals surface area contributed by atoms with Crippen LogP contribution in [0.4, 0.5) is 5.82 Å². The lowest BCUT2D eigenvalue weighted by Gasteiger charge is -2.26. The number of hydrogen-bond acceptors (Lipinski definition) is 3. The summed E-state index contributed by atoms with van der Waals surface area (Å²) in [7, 11) is 0. The van der Waals surface area contributed by atoms with Gasteiger partial charge in [-0.1, -0.05) is 39.7 Å². The van der Waals surface area contributed by atoms with Crippen LogP contribution in [0.25, 0.3) is 0 Å². The topological polar surface area (TPSA) is 68.0 Å². The number of carbonyl (C=O) groups excluding carboxylic acids is 1. The Morgan fingerprint density at radius 3 is 2.75 bits per heavy atom. The molecule has 4 heteroatoms. The first-order valence-corrected chi connectivity index (χ1v) is 6.78. The summed E-state index contributed by atoms with van der Waals surface area (Å²) >= 11 is 0. The number of amides is 1. The van der Waals surface area contributed by atoms with Crippen LogP contribution < -0.4 is 11.1 Å². The molecule has 1 rings (SSSR count). The second-order valence-electron chi connectivity index (χ2n) is 5.93. The first kappa shape index (κ1) is 16.2. The Morgan fingerprint density at radius 1 is 1.45 bits per heavy atom. The Morgan fingerprint density at radius 2 is 2.15 bits per heavy atom. The minimum atomic E-state index is -0.0242. The number of nitrogens with two attached hydrogens (primary N) is 1. The van der Waals surface area contributed by atoms with Crippen molar-refractivity contribution >= 4 is 11.7 Å². The molecule has 1 amide bonds. The SMILES string of the molecule is CC(CC(=O)Nc1cccc(C#CCN)n1)C(C)(C)C. The van der Waals surface area contributed by atoms with Crippen LogP contribution in [0.15, 0.2) is 18.2 Å². The molecule has 0 bridgehead atoms. The van der Waals surface area contributed by atoms with Gasteiger partial charge in [0.2, 0.25) is 5.91 Å². The Labute approximate surface area is 121 Å². The van der Waals surface area contributed by atoms with Crippen molar-refractivity contribution in [3.05, 3.63) is 23.9 Å². The predicted molar refractivity (Wildman–Crippen MR) is 82.0 cm³/mol. The molecular weight excluding hydrogens is 250 g/mol. The third-order valence-corrected chi connectivity index (χ3v) is 3.31. The van der Waals surface area contributed by atoms with E-state index in [0.29, 0.717) is 30.4 Å². The van der Waals surface area contributed by atoms with E-state index in [2.05, 4.69) is 49.8 Å². The molecule has 0 aliphatic rings. The molecule has 1 aromatic heterocycles. The fourth-order valence-electron chi connectivity index (χ4n) is 1.49. The molecule has 3 N–H and O–H groups in total. The van der Waals surface area contributed by atoms with Gasteiger partial charge in [0.15, 0.2) is 0 Å². The van der Waals surface area contributed by atoms with Gasteiger partial charge < -0.3 is 11.1 Å². The van der Waals surface area contributed by atoms with Crippen molar-refractivity contribution in [3.63, 3.8) is 0 Å². The van der Waals surface area contributed by atoms with Crippen molar-refractivity contribution in [2.45, 2.75) is 34.1 Å². The van der Waals surface area contributed by atoms with Crippen LogP contribution in [0, 0.1) is 23.2 Å². The van der Waals surface area contributed by atoms with Crippen LogP contribution in [0.2, 0.25) is 0 Å². The summed E-state index contributed by atoms with van der Waals surface area (Å²) in [4.78, 5) is 16.2. The zero-order valence-electron chi connectivity index (χ0n) is 12.7. The first-order valence-electron chi connectivity index (χ1n) is 6.78. The van der Waals surface area contributed by atoms with Crippen LogP contribution in [-0.2, 0) is 4.79 Å². The van der Waals surface area contributed by atoms with Crippen molar-refractivity contribution < 1.29 is 4.79 Å². The summed E-state index contributed by atoms with van der Waals surface area (Å²) in [5.41, 5.74) is 6.04. The minimum Gasteiger partial charge on any atom is -0.320 e. The summed E-state index contributed by atoms with van der Waals surface area (Å²) < 4.78 is 0. The molecule has 20 heavy (non-hydrogen) atoms. The second kappa shape index (κ2) is 7.06. The highest BCUT2D eigenvalue weighted by molar-refractivity contribution is 5.89. The zero-order chi connectivity index (χ0) is 15.2. The summed E-state index contributed by atoms with van der Waals surface area (Å²) in [5, 5.41) is 2.81. The van der Waals surface area contributed by atoms with E-state index in [1.165, 1.54) is 0 Å². The zero-order valence-corrected chi connectivity index (χ0v) is 12.7. The summed E-state index contributed by atoms with van der Waals surface area (Å²) in [6.45, 7) is 8.77. The molecular formula is C16H23N3O. The van der Waals surface area contributed by atoms with Gasteiger partial charge in [-0.15, -0.1) is 0 Å². The van der Waals surface area contributed by atoms with E-state index in [1.807, 2.05) is 6.07 Å². The second-order valence-corrected chi connectivity index (χ2v) is 5.93. The van der Waals surface area contributed by atoms with Crippen LogP contribution >= 0.6 is 0 Å². The van der Waals surface area contributed by atoms with Gasteiger partial charge in [0.1, 0.15) is 11.5 Å². The molecule has 0 aromatic carbocycles. The Kier molecular flexibility index (Phi) is 5.72. The molecule has 0 radical (unpaired) electrons. The average molecular weight is 273 g/mol. The van der Waals surface area contributed by atoms with Crippen molar-refractivity contribution in [1.29, 1.82) is 0 Å². The maximum Gasteiger partial charge on any atom is 0.225 e. The summed E-state index contributed by atoms with van der Waals surface area (Å²) in [6.07, 6.45) is 0.476. The van der Waals surface area contributed by atoms with Crippen molar-refractivity contribution in [3.8, 4) is 11.8 Å². The minimum absolute atomic E-state index is 0.0242. The fraction of sp³-hybridized carbons (Fsp3) is 0.500. The van der Waals surface area contributed by atoms with Gasteiger partial charge in [0.05, 0.1) is 6.54 Å². The molecule has 0 aliphatic carbocycles. The molecule has 1 aromatic rings. The maximum absolute atomic E-state index is 12.0. The van der Waals surface area contributed by atoms with Gasteiger partial charge in [-0.05, 0) is 29.4 Å². The number of rotatable bonds is 3. The largest absolute Gasteiger partial charge is 0.320 e. The van der Waals surface area contributed by atoms with E-state index in [0.717, 1.165) is 0 Å². The molecule has 1 heterocycles. The van der Waals surface area contributed by atoms with Crippen LogP contribution in [0.3, 0.4) is 0 Å². The maximum atomic E-state index is 12.0. The number of pyridine rings is 1. The van der Waals surface area contributed by atoms with E-state index in [1.54, 1.807) is 12.1 Å². The summed E-state index contributed by atoms with van der Waals surface area (Å²) in [5.74, 6) is 6.38. The molecule has 4 nitrogen and oxygen atoms in total. The third-order valence-electron chi connectivity index (χ3n) is 3.31. The molecule has 1 unspecified atom stereocenters. The molecule has 1 atom stereocenters. The van der Waals surface area contributed by atoms with Gasteiger partial charge in [-0.3, -0.25) is 4.79 Å². The Hall–Kier alpha value is -1.86. The highest BCUT2D eigenvalue weighted by Gasteiger charge is 2.22. The van der Waals surface area contributed by atoms with Gasteiger partial charge in [0, 0.05) is 6.42 Å². The number of aromatic nitrogens is 1. The highest BCUT2D eigenvalue weighted by Crippen LogP contribution is 2.28. The quantitative estimate of drug-likeness (QED) is 0.831. The van der Waals surface area contributed by atoms with E-state index in [4.69, 9.17) is 5.73 Å². The molecule has 0 spiro atoms. The standard InChI is InChI=1S/C16H23N3O/c1-12(16(2,3)4)11-15(20)19-14-9-5-7-13(18-14)8-6-10-17/h5,7,9,12H,10-11,17H2,1-4H3,(H,18,19,20). The van der Waals surface area contributed by atoms with Crippen LogP contribution in [-0.4, -0.2) is 17.4 Å². The lowest BCUT2D eigenvalue weighted by atomic mass is 9.80. The number of carbonyl (C=O) groups is 1. The number of nitrogens with zero attached hydrogens (tertiary/aromatic N) is 1. The number of anilines is 1. The molecule has 108 valence electrons. The van der Waals surface area contributed by atoms with E-state index in [9.17, 15) is 4.79 Å². The number of hydrogen-bond donors (Lipinski definition) is 2. The smallest absolute Gasteiger partial charge is 0.225 e. The lowest BCUT2D eigenvalue weighted by molar-refractivity contribution is -0.117. The Bertz CT molecular complexity index is 521. The lowest BCUT2D eigenvalue weighted by Crippen LogP contribution is -2.24. The van der Waals surface area contributed by atoms with Gasteiger partial charge in [-0.2, -0.15) is 0 Å². The summed E-state index contributed by atoms with van der Waals surface area (Å²) in [6, 6.07) is 5.36. The van der Waals surface area contributed by atoms with Gasteiger partial charge in [0.25, 0.3) is 0 Å². The molecule has 0 aliphatic heterocycles. The average Bonchev–Trinajstić information content (AvgIpc) is 2.35. The van der Waals surface area contributed by atoms with Crippen molar-refractivity contribution in [2.75, 3.05) is 11.9 Å². The van der Waals surface area contributed by atoms with Crippen LogP contribution in [0.1, 0.15) is 39.8 Å². The Balaban J connectivity index is 2.67. The monoisotopic (exact) mass is 273 g/mol. The molecule has 0 fully saturated rings. The van der Waals surface area contributed by atoms with E-state index < -0.39 is 0 Å². The third kappa shape index (κ3) is 5.41. The number of nitrogens with one attached hydrogen (secondary N) is 1. The van der Waals surface area contributed by atoms with Crippen molar-refractivity contribution in [2.24, 2.45) is 17.1 Å². The molecule has 0 saturated heterocycles. The van der Waals surface area contributed by atoms with Gasteiger partial charge >= 0.3 is 0 Å². The first-order chi connectivity index (χ1) is 9.32.